The SMILES string of the molecule is CCCCN(C(=O)C(F)(F)F)C1CC1. The van der Waals surface area contributed by atoms with E-state index in [4.69, 9.17) is 0 Å². The molecule has 0 radical (unpaired) electrons. The van der Waals surface area contributed by atoms with Gasteiger partial charge in [0.1, 0.15) is 0 Å². The van der Waals surface area contributed by atoms with Gasteiger partial charge in [0.05, 0.1) is 0 Å². The number of carbonyl (C=O) groups is 1. The van der Waals surface area contributed by atoms with Gasteiger partial charge in [0, 0.05) is 12.6 Å². The van der Waals surface area contributed by atoms with E-state index in [0.717, 1.165) is 11.3 Å². The molecule has 14 heavy (non-hydrogen) atoms. The molecule has 1 amide bonds. The summed E-state index contributed by atoms with van der Waals surface area (Å²) in [6, 6.07) is -0.157. The van der Waals surface area contributed by atoms with Crippen molar-refractivity contribution in [2.75, 3.05) is 6.54 Å². The quantitative estimate of drug-likeness (QED) is 0.695. The second-order valence-electron chi connectivity index (χ2n) is 3.58. The molecule has 1 saturated carbocycles. The summed E-state index contributed by atoms with van der Waals surface area (Å²) < 4.78 is 36.4. The van der Waals surface area contributed by atoms with E-state index in [-0.39, 0.29) is 12.6 Å². The van der Waals surface area contributed by atoms with Gasteiger partial charge in [-0.05, 0) is 19.3 Å². The zero-order chi connectivity index (χ0) is 10.8. The Morgan fingerprint density at radius 3 is 2.36 bits per heavy atom. The fraction of sp³-hybridized carbons (Fsp3) is 0.889. The average Bonchev–Trinajstić information content (AvgIpc) is 2.86. The van der Waals surface area contributed by atoms with Gasteiger partial charge in [-0.25, -0.2) is 0 Å². The van der Waals surface area contributed by atoms with Crippen LogP contribution >= 0.6 is 0 Å². The number of hydrogen-bond acceptors (Lipinski definition) is 1. The number of carbonyl (C=O) groups excluding carboxylic acids is 1. The number of halogens is 3. The third-order valence-electron chi connectivity index (χ3n) is 2.24. The summed E-state index contributed by atoms with van der Waals surface area (Å²) in [5.41, 5.74) is 0. The Labute approximate surface area is 81.1 Å². The molecule has 5 heteroatoms. The predicted molar refractivity (Wildman–Crippen MR) is 45.7 cm³/mol. The van der Waals surface area contributed by atoms with Gasteiger partial charge in [-0.1, -0.05) is 13.3 Å². The molecule has 1 fully saturated rings. The van der Waals surface area contributed by atoms with E-state index in [9.17, 15) is 18.0 Å². The van der Waals surface area contributed by atoms with Gasteiger partial charge in [-0.2, -0.15) is 13.2 Å². The van der Waals surface area contributed by atoms with Gasteiger partial charge in [-0.15, -0.1) is 0 Å². The first-order valence-corrected chi connectivity index (χ1v) is 4.84. The highest BCUT2D eigenvalue weighted by molar-refractivity contribution is 5.82. The van der Waals surface area contributed by atoms with Crippen LogP contribution in [0.15, 0.2) is 0 Å². The number of hydrogen-bond donors (Lipinski definition) is 0. The van der Waals surface area contributed by atoms with Crippen molar-refractivity contribution in [1.82, 2.24) is 4.90 Å². The third-order valence-corrected chi connectivity index (χ3v) is 2.24. The van der Waals surface area contributed by atoms with E-state index in [1.165, 1.54) is 0 Å². The lowest BCUT2D eigenvalue weighted by Gasteiger charge is -2.23. The molecular weight excluding hydrogens is 195 g/mol. The number of nitrogens with zero attached hydrogens (tertiary/aromatic N) is 1. The zero-order valence-electron chi connectivity index (χ0n) is 8.10. The molecule has 1 aliphatic carbocycles. The molecule has 1 aliphatic rings. The molecule has 0 aromatic heterocycles. The van der Waals surface area contributed by atoms with E-state index in [1.807, 2.05) is 6.92 Å². The minimum absolute atomic E-state index is 0.157. The molecule has 0 unspecified atom stereocenters. The largest absolute Gasteiger partial charge is 0.471 e. The van der Waals surface area contributed by atoms with Crippen molar-refractivity contribution < 1.29 is 18.0 Å². The summed E-state index contributed by atoms with van der Waals surface area (Å²) >= 11 is 0. The lowest BCUT2D eigenvalue weighted by atomic mass is 10.3. The standard InChI is InChI=1S/C9H14F3NO/c1-2-3-6-13(7-4-5-7)8(14)9(10,11)12/h7H,2-6H2,1H3. The molecule has 0 spiro atoms. The van der Waals surface area contributed by atoms with Crippen LogP contribution in [0.25, 0.3) is 0 Å². The van der Waals surface area contributed by atoms with E-state index in [0.29, 0.717) is 19.3 Å². The number of alkyl halides is 3. The molecule has 0 heterocycles. The minimum Gasteiger partial charge on any atom is -0.332 e. The fourth-order valence-electron chi connectivity index (χ4n) is 1.33. The molecule has 0 saturated heterocycles. The molecule has 0 bridgehead atoms. The minimum atomic E-state index is -4.71. The highest BCUT2D eigenvalue weighted by atomic mass is 19.4. The van der Waals surface area contributed by atoms with Crippen LogP contribution in [0, 0.1) is 0 Å². The molecule has 1 rings (SSSR count). The van der Waals surface area contributed by atoms with Crippen LogP contribution in [-0.2, 0) is 4.79 Å². The van der Waals surface area contributed by atoms with Crippen LogP contribution in [0.1, 0.15) is 32.6 Å². The molecule has 2 nitrogen and oxygen atoms in total. The molecular formula is C9H14F3NO. The monoisotopic (exact) mass is 209 g/mol. The highest BCUT2D eigenvalue weighted by Crippen LogP contribution is 2.31. The maximum Gasteiger partial charge on any atom is 0.471 e. The summed E-state index contributed by atoms with van der Waals surface area (Å²) in [5, 5.41) is 0. The zero-order valence-corrected chi connectivity index (χ0v) is 8.10. The van der Waals surface area contributed by atoms with E-state index < -0.39 is 12.1 Å². The van der Waals surface area contributed by atoms with Gasteiger partial charge >= 0.3 is 12.1 Å². The van der Waals surface area contributed by atoms with E-state index in [1.54, 1.807) is 0 Å². The number of unbranched alkanes of at least 4 members (excludes halogenated alkanes) is 1. The van der Waals surface area contributed by atoms with Crippen molar-refractivity contribution in [3.63, 3.8) is 0 Å². The molecule has 0 N–H and O–H groups in total. The van der Waals surface area contributed by atoms with Crippen LogP contribution in [0.2, 0.25) is 0 Å². The Hall–Kier alpha value is -0.740. The first kappa shape index (κ1) is 11.3. The van der Waals surface area contributed by atoms with E-state index >= 15 is 0 Å². The van der Waals surface area contributed by atoms with Crippen molar-refractivity contribution in [2.24, 2.45) is 0 Å². The fourth-order valence-corrected chi connectivity index (χ4v) is 1.33. The highest BCUT2D eigenvalue weighted by Gasteiger charge is 2.46. The smallest absolute Gasteiger partial charge is 0.332 e. The molecule has 82 valence electrons. The van der Waals surface area contributed by atoms with Crippen LogP contribution in [-0.4, -0.2) is 29.6 Å². The summed E-state index contributed by atoms with van der Waals surface area (Å²) in [5.74, 6) is -1.67. The Balaban J connectivity index is 2.53. The second kappa shape index (κ2) is 4.19. The maximum atomic E-state index is 12.1. The molecule has 0 aliphatic heterocycles. The van der Waals surface area contributed by atoms with Crippen LogP contribution in [0.5, 0.6) is 0 Å². The van der Waals surface area contributed by atoms with Crippen LogP contribution < -0.4 is 0 Å². The summed E-state index contributed by atoms with van der Waals surface area (Å²) in [6.45, 7) is 2.13. The van der Waals surface area contributed by atoms with Crippen molar-refractivity contribution in [2.45, 2.75) is 44.8 Å². The van der Waals surface area contributed by atoms with Crippen molar-refractivity contribution in [3.05, 3.63) is 0 Å². The number of amides is 1. The summed E-state index contributed by atoms with van der Waals surface area (Å²) in [6.07, 6.45) is -1.85. The lowest BCUT2D eigenvalue weighted by Crippen LogP contribution is -2.42. The first-order valence-electron chi connectivity index (χ1n) is 4.84. The maximum absolute atomic E-state index is 12.1. The van der Waals surface area contributed by atoms with Gasteiger partial charge in [0.15, 0.2) is 0 Å². The summed E-state index contributed by atoms with van der Waals surface area (Å²) in [7, 11) is 0. The molecule has 0 atom stereocenters. The van der Waals surface area contributed by atoms with Gasteiger partial charge in [0.25, 0.3) is 0 Å². The third kappa shape index (κ3) is 2.89. The normalized spacial score (nSPS) is 16.9. The van der Waals surface area contributed by atoms with Crippen LogP contribution in [0.3, 0.4) is 0 Å². The van der Waals surface area contributed by atoms with Crippen molar-refractivity contribution in [1.29, 1.82) is 0 Å². The lowest BCUT2D eigenvalue weighted by molar-refractivity contribution is -0.186. The molecule has 0 aromatic rings. The topological polar surface area (TPSA) is 20.3 Å². The average molecular weight is 209 g/mol. The first-order chi connectivity index (χ1) is 6.46. The Kier molecular flexibility index (Phi) is 3.39. The van der Waals surface area contributed by atoms with Gasteiger partial charge in [0.2, 0.25) is 0 Å². The Morgan fingerprint density at radius 1 is 1.43 bits per heavy atom. The van der Waals surface area contributed by atoms with Crippen molar-refractivity contribution in [3.8, 4) is 0 Å². The number of rotatable bonds is 4. The molecule has 0 aromatic carbocycles. The Morgan fingerprint density at radius 2 is 2.00 bits per heavy atom. The summed E-state index contributed by atoms with van der Waals surface area (Å²) in [4.78, 5) is 11.9. The van der Waals surface area contributed by atoms with Gasteiger partial charge in [-0.3, -0.25) is 4.79 Å². The predicted octanol–water partition coefficient (Wildman–Crippen LogP) is 2.34. The van der Waals surface area contributed by atoms with Gasteiger partial charge < -0.3 is 4.90 Å². The van der Waals surface area contributed by atoms with E-state index in [2.05, 4.69) is 0 Å². The van der Waals surface area contributed by atoms with Crippen molar-refractivity contribution >= 4 is 5.91 Å². The Bertz CT molecular complexity index is 211. The van der Waals surface area contributed by atoms with Crippen LogP contribution in [0.4, 0.5) is 13.2 Å². The second-order valence-corrected chi connectivity index (χ2v) is 3.58.